The molecule has 1 fully saturated rings. The summed E-state index contributed by atoms with van der Waals surface area (Å²) in [6, 6.07) is 0.539. The summed E-state index contributed by atoms with van der Waals surface area (Å²) in [5.74, 6) is 0.113. The van der Waals surface area contributed by atoms with Crippen molar-refractivity contribution >= 4 is 23.1 Å². The van der Waals surface area contributed by atoms with Gasteiger partial charge in [-0.25, -0.2) is 0 Å². The van der Waals surface area contributed by atoms with Crippen molar-refractivity contribution in [3.05, 3.63) is 0 Å². The van der Waals surface area contributed by atoms with Gasteiger partial charge in [0.2, 0.25) is 5.91 Å². The summed E-state index contributed by atoms with van der Waals surface area (Å²) in [7, 11) is 1.78. The number of nitrogens with two attached hydrogens (primary N) is 1. The Morgan fingerprint density at radius 1 is 1.25 bits per heavy atom. The van der Waals surface area contributed by atoms with E-state index in [2.05, 4.69) is 4.90 Å². The minimum absolute atomic E-state index is 0.113. The first-order valence-corrected chi connectivity index (χ1v) is 7.82. The summed E-state index contributed by atoms with van der Waals surface area (Å²) in [6.07, 6.45) is 5.95. The van der Waals surface area contributed by atoms with Crippen molar-refractivity contribution in [3.8, 4) is 0 Å². The monoisotopic (exact) mass is 301 g/mol. The van der Waals surface area contributed by atoms with Crippen molar-refractivity contribution in [3.63, 3.8) is 0 Å². The molecule has 0 aromatic carbocycles. The number of nitrogens with zero attached hydrogens (tertiary/aromatic N) is 2. The van der Waals surface area contributed by atoms with Gasteiger partial charge in [0.25, 0.3) is 0 Å². The number of hydrogen-bond acceptors (Lipinski definition) is 4. The largest absolute Gasteiger partial charge is 0.395 e. The number of rotatable bonds is 9. The standard InChI is InChI=1S/C14H27N3O2S/c1-16(8-6-13(15)20)14(19)7-9-17(10-11-18)12-4-2-3-5-12/h12,18H,2-11H2,1H3,(H2,15,20). The lowest BCUT2D eigenvalue weighted by Gasteiger charge is -2.28. The maximum Gasteiger partial charge on any atom is 0.223 e. The fourth-order valence-electron chi connectivity index (χ4n) is 2.71. The van der Waals surface area contributed by atoms with Gasteiger partial charge in [-0.15, -0.1) is 0 Å². The van der Waals surface area contributed by atoms with E-state index in [9.17, 15) is 4.79 Å². The molecule has 1 saturated carbocycles. The molecule has 0 unspecified atom stereocenters. The Balaban J connectivity index is 2.33. The van der Waals surface area contributed by atoms with Crippen LogP contribution in [0.4, 0.5) is 0 Å². The van der Waals surface area contributed by atoms with Gasteiger partial charge in [-0.05, 0) is 12.8 Å². The van der Waals surface area contributed by atoms with Crippen molar-refractivity contribution in [1.29, 1.82) is 0 Å². The number of hydrogen-bond donors (Lipinski definition) is 2. The van der Waals surface area contributed by atoms with Crippen LogP contribution in [0.25, 0.3) is 0 Å². The Morgan fingerprint density at radius 2 is 1.90 bits per heavy atom. The highest BCUT2D eigenvalue weighted by molar-refractivity contribution is 7.80. The summed E-state index contributed by atoms with van der Waals surface area (Å²) in [5.41, 5.74) is 5.44. The second kappa shape index (κ2) is 9.26. The minimum atomic E-state index is 0.113. The predicted octanol–water partition coefficient (Wildman–Crippen LogP) is 0.748. The van der Waals surface area contributed by atoms with Gasteiger partial charge in [-0.2, -0.15) is 0 Å². The molecule has 1 aliphatic rings. The summed E-state index contributed by atoms with van der Waals surface area (Å²) in [5, 5.41) is 9.15. The molecule has 1 aliphatic carbocycles. The van der Waals surface area contributed by atoms with Gasteiger partial charge in [0.05, 0.1) is 11.6 Å². The van der Waals surface area contributed by atoms with Crippen LogP contribution in [0.3, 0.4) is 0 Å². The van der Waals surface area contributed by atoms with E-state index in [4.69, 9.17) is 23.1 Å². The van der Waals surface area contributed by atoms with Crippen molar-refractivity contribution in [2.45, 2.75) is 44.6 Å². The SMILES string of the molecule is CN(CCC(N)=S)C(=O)CCN(CCO)C1CCCC1. The van der Waals surface area contributed by atoms with E-state index in [0.29, 0.717) is 37.0 Å². The molecule has 0 bridgehead atoms. The minimum Gasteiger partial charge on any atom is -0.395 e. The van der Waals surface area contributed by atoms with Gasteiger partial charge in [-0.3, -0.25) is 9.69 Å². The third-order valence-corrected chi connectivity index (χ3v) is 4.16. The van der Waals surface area contributed by atoms with E-state index in [-0.39, 0.29) is 12.5 Å². The average molecular weight is 301 g/mol. The third-order valence-electron chi connectivity index (χ3n) is 3.96. The maximum atomic E-state index is 12.0. The molecule has 0 aromatic heterocycles. The van der Waals surface area contributed by atoms with Crippen LogP contribution in [0.15, 0.2) is 0 Å². The van der Waals surface area contributed by atoms with Gasteiger partial charge in [-0.1, -0.05) is 25.1 Å². The average Bonchev–Trinajstić information content (AvgIpc) is 2.94. The van der Waals surface area contributed by atoms with Crippen LogP contribution in [0, 0.1) is 0 Å². The van der Waals surface area contributed by atoms with E-state index < -0.39 is 0 Å². The van der Waals surface area contributed by atoms with Crippen LogP contribution in [-0.4, -0.2) is 65.1 Å². The molecular formula is C14H27N3O2S. The molecule has 0 heterocycles. The number of aliphatic hydroxyl groups excluding tert-OH is 1. The summed E-state index contributed by atoms with van der Waals surface area (Å²) >= 11 is 4.82. The first kappa shape index (κ1) is 17.3. The van der Waals surface area contributed by atoms with Crippen molar-refractivity contribution < 1.29 is 9.90 Å². The highest BCUT2D eigenvalue weighted by Crippen LogP contribution is 2.23. The molecule has 6 heteroatoms. The molecule has 3 N–H and O–H groups in total. The van der Waals surface area contributed by atoms with Crippen molar-refractivity contribution in [2.75, 3.05) is 33.3 Å². The van der Waals surface area contributed by atoms with Crippen molar-refractivity contribution in [1.82, 2.24) is 9.80 Å². The third kappa shape index (κ3) is 6.15. The molecule has 20 heavy (non-hydrogen) atoms. The molecular weight excluding hydrogens is 274 g/mol. The lowest BCUT2D eigenvalue weighted by molar-refractivity contribution is -0.130. The van der Waals surface area contributed by atoms with E-state index in [1.54, 1.807) is 11.9 Å². The van der Waals surface area contributed by atoms with Crippen LogP contribution >= 0.6 is 12.2 Å². The summed E-state index contributed by atoms with van der Waals surface area (Å²) in [6.45, 7) is 2.12. The fraction of sp³-hybridized carbons (Fsp3) is 0.857. The normalized spacial score (nSPS) is 15.8. The number of aliphatic hydroxyl groups is 1. The number of amides is 1. The number of carbonyl (C=O) groups excluding carboxylic acids is 1. The van der Waals surface area contributed by atoms with E-state index >= 15 is 0 Å². The highest BCUT2D eigenvalue weighted by atomic mass is 32.1. The lowest BCUT2D eigenvalue weighted by Crippen LogP contribution is -2.39. The molecule has 1 amide bonds. The van der Waals surface area contributed by atoms with Crippen molar-refractivity contribution in [2.24, 2.45) is 5.73 Å². The second-order valence-corrected chi connectivity index (χ2v) is 6.00. The first-order chi connectivity index (χ1) is 9.54. The Morgan fingerprint density at radius 3 is 2.45 bits per heavy atom. The number of thiocarbonyl (C=S) groups is 1. The second-order valence-electron chi connectivity index (χ2n) is 5.48. The Hall–Kier alpha value is -0.720. The van der Waals surface area contributed by atoms with Crippen LogP contribution in [0.5, 0.6) is 0 Å². The quantitative estimate of drug-likeness (QED) is 0.615. The summed E-state index contributed by atoms with van der Waals surface area (Å²) in [4.78, 5) is 16.4. The van der Waals surface area contributed by atoms with Crippen LogP contribution in [0.2, 0.25) is 0 Å². The fourth-order valence-corrected chi connectivity index (χ4v) is 2.80. The first-order valence-electron chi connectivity index (χ1n) is 7.41. The smallest absolute Gasteiger partial charge is 0.223 e. The van der Waals surface area contributed by atoms with E-state index in [0.717, 1.165) is 6.54 Å². The molecule has 1 rings (SSSR count). The Labute approximate surface area is 127 Å². The van der Waals surface area contributed by atoms with E-state index in [1.165, 1.54) is 25.7 Å². The Bertz CT molecular complexity index is 320. The predicted molar refractivity (Wildman–Crippen MR) is 84.6 cm³/mol. The molecule has 0 saturated heterocycles. The van der Waals surface area contributed by atoms with Crippen LogP contribution < -0.4 is 5.73 Å². The molecule has 0 atom stereocenters. The zero-order chi connectivity index (χ0) is 15.0. The molecule has 0 spiro atoms. The lowest BCUT2D eigenvalue weighted by atomic mass is 10.2. The molecule has 0 aromatic rings. The van der Waals surface area contributed by atoms with Gasteiger partial charge >= 0.3 is 0 Å². The van der Waals surface area contributed by atoms with Gasteiger partial charge in [0, 0.05) is 45.6 Å². The molecule has 5 nitrogen and oxygen atoms in total. The van der Waals surface area contributed by atoms with Gasteiger partial charge in [0.15, 0.2) is 0 Å². The maximum absolute atomic E-state index is 12.0. The molecule has 0 radical (unpaired) electrons. The molecule has 0 aliphatic heterocycles. The van der Waals surface area contributed by atoms with E-state index in [1.807, 2.05) is 0 Å². The molecule has 116 valence electrons. The van der Waals surface area contributed by atoms with Gasteiger partial charge in [0.1, 0.15) is 0 Å². The highest BCUT2D eigenvalue weighted by Gasteiger charge is 2.22. The number of carbonyl (C=O) groups is 1. The van der Waals surface area contributed by atoms with Crippen LogP contribution in [0.1, 0.15) is 38.5 Å². The van der Waals surface area contributed by atoms with Crippen LogP contribution in [-0.2, 0) is 4.79 Å². The topological polar surface area (TPSA) is 69.8 Å². The zero-order valence-electron chi connectivity index (χ0n) is 12.4. The van der Waals surface area contributed by atoms with Gasteiger partial charge < -0.3 is 15.7 Å². The Kier molecular flexibility index (Phi) is 8.02. The zero-order valence-corrected chi connectivity index (χ0v) is 13.2. The summed E-state index contributed by atoms with van der Waals surface area (Å²) < 4.78 is 0.